The number of hydrogen-bond donors (Lipinski definition) is 1. The predicted octanol–water partition coefficient (Wildman–Crippen LogP) is 1.27. The summed E-state index contributed by atoms with van der Waals surface area (Å²) in [5, 5.41) is 12.1. The van der Waals surface area contributed by atoms with E-state index >= 15 is 0 Å². The molecule has 0 radical (unpaired) electrons. The zero-order valence-corrected chi connectivity index (χ0v) is 14.5. The van der Waals surface area contributed by atoms with Crippen LogP contribution in [0.5, 0.6) is 0 Å². The second-order valence-corrected chi connectivity index (χ2v) is 6.93. The number of nitrogens with zero attached hydrogens (tertiary/aromatic N) is 2. The molecule has 1 rings (SSSR count). The molecule has 0 spiro atoms. The Morgan fingerprint density at radius 2 is 1.96 bits per heavy atom. The molecule has 0 atom stereocenters. The number of methoxy groups -OCH3 is 2. The van der Waals surface area contributed by atoms with Crippen LogP contribution in [0, 0.1) is 11.3 Å². The molecule has 0 heterocycles. The van der Waals surface area contributed by atoms with Crippen LogP contribution in [0.25, 0.3) is 0 Å². The van der Waals surface area contributed by atoms with E-state index in [0.29, 0.717) is 31.0 Å². The normalized spacial score (nSPS) is 11.4. The van der Waals surface area contributed by atoms with Gasteiger partial charge in [-0.3, -0.25) is 0 Å². The summed E-state index contributed by atoms with van der Waals surface area (Å²) in [6.45, 7) is 1.68. The van der Waals surface area contributed by atoms with Gasteiger partial charge in [0.1, 0.15) is 4.90 Å². The molecular formula is C15H23N3O4S. The SMILES string of the molecule is COCCCNc1cc(C#N)ccc1S(=O)(=O)N(C)CCOC. The Balaban J connectivity index is 3.06. The zero-order valence-electron chi connectivity index (χ0n) is 13.7. The van der Waals surface area contributed by atoms with Gasteiger partial charge in [0.15, 0.2) is 0 Å². The van der Waals surface area contributed by atoms with Crippen LogP contribution >= 0.6 is 0 Å². The molecule has 0 aliphatic heterocycles. The van der Waals surface area contributed by atoms with Crippen molar-refractivity contribution in [3.8, 4) is 6.07 Å². The average Bonchev–Trinajstić information content (AvgIpc) is 2.56. The average molecular weight is 341 g/mol. The maximum absolute atomic E-state index is 12.7. The van der Waals surface area contributed by atoms with E-state index in [1.54, 1.807) is 13.2 Å². The lowest BCUT2D eigenvalue weighted by atomic mass is 10.2. The van der Waals surface area contributed by atoms with Gasteiger partial charge in [-0.15, -0.1) is 0 Å². The van der Waals surface area contributed by atoms with Crippen LogP contribution in [0.2, 0.25) is 0 Å². The largest absolute Gasteiger partial charge is 0.385 e. The third-order valence-corrected chi connectivity index (χ3v) is 5.16. The van der Waals surface area contributed by atoms with Crippen molar-refractivity contribution in [3.05, 3.63) is 23.8 Å². The molecule has 0 aliphatic rings. The lowest BCUT2D eigenvalue weighted by Gasteiger charge is -2.19. The highest BCUT2D eigenvalue weighted by atomic mass is 32.2. The number of nitriles is 1. The van der Waals surface area contributed by atoms with Gasteiger partial charge in [0.05, 0.1) is 23.9 Å². The van der Waals surface area contributed by atoms with Gasteiger partial charge < -0.3 is 14.8 Å². The topological polar surface area (TPSA) is 91.7 Å². The van der Waals surface area contributed by atoms with Gasteiger partial charge in [-0.05, 0) is 24.6 Å². The number of rotatable bonds is 10. The number of sulfonamides is 1. The van der Waals surface area contributed by atoms with E-state index in [4.69, 9.17) is 14.7 Å². The van der Waals surface area contributed by atoms with Gasteiger partial charge in [-0.2, -0.15) is 9.57 Å². The van der Waals surface area contributed by atoms with Crippen molar-refractivity contribution >= 4 is 15.7 Å². The summed E-state index contributed by atoms with van der Waals surface area (Å²) < 4.78 is 36.5. The molecular weight excluding hydrogens is 318 g/mol. The quantitative estimate of drug-likeness (QED) is 0.645. The fraction of sp³-hybridized carbons (Fsp3) is 0.533. The second-order valence-electron chi connectivity index (χ2n) is 4.92. The fourth-order valence-corrected chi connectivity index (χ4v) is 3.21. The molecule has 0 bridgehead atoms. The molecule has 0 saturated heterocycles. The lowest BCUT2D eigenvalue weighted by Crippen LogP contribution is -2.30. The minimum atomic E-state index is -3.66. The van der Waals surface area contributed by atoms with Crippen LogP contribution < -0.4 is 5.32 Å². The Kier molecular flexibility index (Phi) is 7.98. The Morgan fingerprint density at radius 1 is 1.26 bits per heavy atom. The molecule has 23 heavy (non-hydrogen) atoms. The van der Waals surface area contributed by atoms with Crippen molar-refractivity contribution in [2.45, 2.75) is 11.3 Å². The van der Waals surface area contributed by atoms with Gasteiger partial charge >= 0.3 is 0 Å². The first-order valence-corrected chi connectivity index (χ1v) is 8.63. The minimum Gasteiger partial charge on any atom is -0.385 e. The van der Waals surface area contributed by atoms with E-state index in [0.717, 1.165) is 6.42 Å². The van der Waals surface area contributed by atoms with Crippen LogP contribution in [0.1, 0.15) is 12.0 Å². The maximum Gasteiger partial charge on any atom is 0.244 e. The molecule has 8 heteroatoms. The van der Waals surface area contributed by atoms with Crippen LogP contribution in [0.15, 0.2) is 23.1 Å². The molecule has 0 aliphatic carbocycles. The minimum absolute atomic E-state index is 0.146. The summed E-state index contributed by atoms with van der Waals surface area (Å²) >= 11 is 0. The maximum atomic E-state index is 12.7. The van der Waals surface area contributed by atoms with Crippen LogP contribution in [0.3, 0.4) is 0 Å². The summed E-state index contributed by atoms with van der Waals surface area (Å²) in [6.07, 6.45) is 0.728. The Morgan fingerprint density at radius 3 is 2.57 bits per heavy atom. The number of nitrogens with one attached hydrogen (secondary N) is 1. The van der Waals surface area contributed by atoms with Gasteiger partial charge in [-0.25, -0.2) is 8.42 Å². The van der Waals surface area contributed by atoms with Gasteiger partial charge in [0.25, 0.3) is 0 Å². The lowest BCUT2D eigenvalue weighted by molar-refractivity contribution is 0.185. The third-order valence-electron chi connectivity index (χ3n) is 3.25. The van der Waals surface area contributed by atoms with Gasteiger partial charge in [-0.1, -0.05) is 0 Å². The fourth-order valence-electron chi connectivity index (χ4n) is 1.91. The predicted molar refractivity (Wildman–Crippen MR) is 87.8 cm³/mol. The zero-order chi connectivity index (χ0) is 17.3. The molecule has 0 aromatic heterocycles. The summed E-state index contributed by atoms with van der Waals surface area (Å²) in [4.78, 5) is 0.146. The first kappa shape index (κ1) is 19.4. The Labute approximate surface area is 137 Å². The summed E-state index contributed by atoms with van der Waals surface area (Å²) in [7, 11) is 0.969. The molecule has 7 nitrogen and oxygen atoms in total. The van der Waals surface area contributed by atoms with Crippen molar-refractivity contribution in [2.75, 3.05) is 52.9 Å². The van der Waals surface area contributed by atoms with E-state index < -0.39 is 10.0 Å². The van der Waals surface area contributed by atoms with E-state index in [9.17, 15) is 8.42 Å². The number of benzene rings is 1. The smallest absolute Gasteiger partial charge is 0.244 e. The number of likely N-dealkylation sites (N-methyl/N-ethyl adjacent to an activating group) is 1. The van der Waals surface area contributed by atoms with E-state index in [1.807, 2.05) is 6.07 Å². The second kappa shape index (κ2) is 9.47. The van der Waals surface area contributed by atoms with Crippen LogP contribution in [-0.2, 0) is 19.5 Å². The number of ether oxygens (including phenoxy) is 2. The van der Waals surface area contributed by atoms with E-state index in [-0.39, 0.29) is 11.4 Å². The van der Waals surface area contributed by atoms with Crippen LogP contribution in [0.4, 0.5) is 5.69 Å². The molecule has 0 saturated carbocycles. The highest BCUT2D eigenvalue weighted by molar-refractivity contribution is 7.89. The monoisotopic (exact) mass is 341 g/mol. The highest BCUT2D eigenvalue weighted by Crippen LogP contribution is 2.25. The molecule has 1 aromatic carbocycles. The molecule has 1 aromatic rings. The van der Waals surface area contributed by atoms with Gasteiger partial charge in [0.2, 0.25) is 10.0 Å². The van der Waals surface area contributed by atoms with Crippen molar-refractivity contribution in [3.63, 3.8) is 0 Å². The molecule has 128 valence electrons. The van der Waals surface area contributed by atoms with Gasteiger partial charge in [0, 0.05) is 41.0 Å². The van der Waals surface area contributed by atoms with Crippen LogP contribution in [-0.4, -0.2) is 60.3 Å². The number of anilines is 1. The van der Waals surface area contributed by atoms with Crippen molar-refractivity contribution in [1.82, 2.24) is 4.31 Å². The molecule has 0 unspecified atom stereocenters. The highest BCUT2D eigenvalue weighted by Gasteiger charge is 2.24. The van der Waals surface area contributed by atoms with Crippen molar-refractivity contribution in [2.24, 2.45) is 0 Å². The third kappa shape index (κ3) is 5.48. The first-order valence-electron chi connectivity index (χ1n) is 7.19. The van der Waals surface area contributed by atoms with E-state index in [1.165, 1.54) is 30.6 Å². The Bertz CT molecular complexity index is 641. The summed E-state index contributed by atoms with van der Waals surface area (Å²) in [5.41, 5.74) is 0.821. The standard InChI is InChI=1S/C15H23N3O4S/c1-18(8-10-22-3)23(19,20)15-6-5-13(12-16)11-14(15)17-7-4-9-21-2/h5-6,11,17H,4,7-10H2,1-3H3. The van der Waals surface area contributed by atoms with Crippen molar-refractivity contribution < 1.29 is 17.9 Å². The first-order chi connectivity index (χ1) is 11.0. The molecule has 1 N–H and O–H groups in total. The summed E-state index contributed by atoms with van der Waals surface area (Å²) in [5.74, 6) is 0. The summed E-state index contributed by atoms with van der Waals surface area (Å²) in [6, 6.07) is 6.52. The molecule has 0 amide bonds. The van der Waals surface area contributed by atoms with Crippen molar-refractivity contribution in [1.29, 1.82) is 5.26 Å². The Hall–Kier alpha value is -1.66. The number of hydrogen-bond acceptors (Lipinski definition) is 6. The van der Waals surface area contributed by atoms with E-state index in [2.05, 4.69) is 5.32 Å². The molecule has 0 fully saturated rings.